The average Bonchev–Trinajstić information content (AvgIpc) is 2.49. The van der Waals surface area contributed by atoms with E-state index in [1.54, 1.807) is 6.07 Å². The molecule has 0 aliphatic carbocycles. The van der Waals surface area contributed by atoms with Crippen LogP contribution in [0.4, 0.5) is 0 Å². The average molecular weight is 366 g/mol. The number of aliphatic hydroxyl groups is 1. The molecule has 0 amide bonds. The van der Waals surface area contributed by atoms with Crippen LogP contribution in [0.2, 0.25) is 10.0 Å². The number of hydrogen-bond acceptors (Lipinski definition) is 4. The summed E-state index contributed by atoms with van der Waals surface area (Å²) in [5.41, 5.74) is 0. The zero-order valence-corrected chi connectivity index (χ0v) is 14.7. The minimum absolute atomic E-state index is 0.00892. The van der Waals surface area contributed by atoms with Crippen molar-refractivity contribution < 1.29 is 13.5 Å². The van der Waals surface area contributed by atoms with Crippen LogP contribution in [0, 0.1) is 0 Å². The van der Waals surface area contributed by atoms with E-state index in [-0.39, 0.29) is 28.3 Å². The number of halogens is 2. The number of nitrogens with zero attached hydrogens (tertiary/aromatic N) is 1. The number of sulfone groups is 1. The van der Waals surface area contributed by atoms with Gasteiger partial charge in [0.05, 0.1) is 15.7 Å². The Morgan fingerprint density at radius 2 is 2.05 bits per heavy atom. The summed E-state index contributed by atoms with van der Waals surface area (Å²) in [6.45, 7) is 1.47. The molecule has 1 unspecified atom stereocenters. The number of aliphatic hydroxyl groups excluding tert-OH is 1. The van der Waals surface area contributed by atoms with Gasteiger partial charge in [0.2, 0.25) is 0 Å². The second kappa shape index (κ2) is 7.97. The maximum Gasteiger partial charge on any atom is 0.181 e. The van der Waals surface area contributed by atoms with Gasteiger partial charge in [0.25, 0.3) is 0 Å². The third kappa shape index (κ3) is 4.59. The number of likely N-dealkylation sites (tertiary alicyclic amines) is 1. The predicted octanol–water partition coefficient (Wildman–Crippen LogP) is 3.00. The van der Waals surface area contributed by atoms with Crippen molar-refractivity contribution in [1.82, 2.24) is 4.90 Å². The van der Waals surface area contributed by atoms with E-state index >= 15 is 0 Å². The maximum absolute atomic E-state index is 12.5. The normalized spacial score (nSPS) is 20.2. The van der Waals surface area contributed by atoms with Crippen LogP contribution >= 0.6 is 23.2 Å². The summed E-state index contributed by atoms with van der Waals surface area (Å²) >= 11 is 11.9. The molecule has 4 nitrogen and oxygen atoms in total. The molecule has 1 N–H and O–H groups in total. The first kappa shape index (κ1) is 18.0. The topological polar surface area (TPSA) is 57.6 Å². The summed E-state index contributed by atoms with van der Waals surface area (Å²) in [4.78, 5) is 2.26. The van der Waals surface area contributed by atoms with E-state index < -0.39 is 9.84 Å². The van der Waals surface area contributed by atoms with E-state index in [0.717, 1.165) is 25.8 Å². The lowest BCUT2D eigenvalue weighted by molar-refractivity contribution is 0.126. The van der Waals surface area contributed by atoms with E-state index in [1.165, 1.54) is 12.1 Å². The summed E-state index contributed by atoms with van der Waals surface area (Å²) in [6.07, 6.45) is 3.91. The van der Waals surface area contributed by atoms with E-state index in [2.05, 4.69) is 4.90 Å². The molecule has 1 fully saturated rings. The Kier molecular flexibility index (Phi) is 6.53. The van der Waals surface area contributed by atoms with Crippen LogP contribution < -0.4 is 0 Å². The molecule has 0 radical (unpaired) electrons. The van der Waals surface area contributed by atoms with E-state index in [9.17, 15) is 8.42 Å². The molecule has 1 aromatic carbocycles. The predicted molar refractivity (Wildman–Crippen MR) is 89.4 cm³/mol. The van der Waals surface area contributed by atoms with Crippen molar-refractivity contribution >= 4 is 33.0 Å². The molecule has 1 aromatic rings. The molecule has 7 heteroatoms. The maximum atomic E-state index is 12.5. The molecule has 1 saturated heterocycles. The van der Waals surface area contributed by atoms with Gasteiger partial charge in [0.1, 0.15) is 0 Å². The smallest absolute Gasteiger partial charge is 0.181 e. The first-order valence-corrected chi connectivity index (χ1v) is 9.87. The first-order valence-electron chi connectivity index (χ1n) is 7.47. The van der Waals surface area contributed by atoms with Crippen molar-refractivity contribution in [3.63, 3.8) is 0 Å². The molecule has 124 valence electrons. The standard InChI is InChI=1S/C15H21Cl2NO3S/c16-12-4-5-14(17)15(11-12)22(20,21)10-8-18-7-2-1-3-13(18)6-9-19/h4-5,11,13,19H,1-3,6-10H2. The third-order valence-corrected chi connectivity index (χ3v) is 6.49. The lowest BCUT2D eigenvalue weighted by Crippen LogP contribution is -2.42. The Hall–Kier alpha value is -0.330. The Morgan fingerprint density at radius 1 is 1.27 bits per heavy atom. The number of rotatable bonds is 6. The van der Waals surface area contributed by atoms with Gasteiger partial charge in [0.15, 0.2) is 9.84 Å². The van der Waals surface area contributed by atoms with Gasteiger partial charge in [-0.05, 0) is 44.0 Å². The van der Waals surface area contributed by atoms with Crippen LogP contribution in [0.3, 0.4) is 0 Å². The molecule has 1 atom stereocenters. The zero-order valence-electron chi connectivity index (χ0n) is 12.3. The largest absolute Gasteiger partial charge is 0.396 e. The lowest BCUT2D eigenvalue weighted by Gasteiger charge is -2.35. The summed E-state index contributed by atoms with van der Waals surface area (Å²) in [5, 5.41) is 9.70. The van der Waals surface area contributed by atoms with E-state index in [1.807, 2.05) is 0 Å². The van der Waals surface area contributed by atoms with Gasteiger partial charge in [-0.2, -0.15) is 0 Å². The zero-order chi connectivity index (χ0) is 16.2. The van der Waals surface area contributed by atoms with Crippen LogP contribution in [0.25, 0.3) is 0 Å². The molecule has 22 heavy (non-hydrogen) atoms. The van der Waals surface area contributed by atoms with Gasteiger partial charge in [0, 0.05) is 24.2 Å². The van der Waals surface area contributed by atoms with Crippen LogP contribution in [-0.4, -0.2) is 49.9 Å². The Balaban J connectivity index is 2.07. The monoisotopic (exact) mass is 365 g/mol. The summed E-state index contributed by atoms with van der Waals surface area (Å²) in [5.74, 6) is 0.00892. The molecule has 0 spiro atoms. The first-order chi connectivity index (χ1) is 10.4. The minimum Gasteiger partial charge on any atom is -0.396 e. The van der Waals surface area contributed by atoms with Crippen LogP contribution in [-0.2, 0) is 9.84 Å². The van der Waals surface area contributed by atoms with Crippen molar-refractivity contribution in [2.45, 2.75) is 36.6 Å². The fourth-order valence-electron chi connectivity index (χ4n) is 2.89. The number of piperidine rings is 1. The molecule has 1 heterocycles. The van der Waals surface area contributed by atoms with Gasteiger partial charge in [-0.1, -0.05) is 29.6 Å². The summed E-state index contributed by atoms with van der Waals surface area (Å²) < 4.78 is 25.0. The summed E-state index contributed by atoms with van der Waals surface area (Å²) in [7, 11) is -3.47. The number of hydrogen-bond donors (Lipinski definition) is 1. The molecule has 0 saturated carbocycles. The fraction of sp³-hybridized carbons (Fsp3) is 0.600. The molecular weight excluding hydrogens is 345 g/mol. The van der Waals surface area contributed by atoms with Crippen LogP contribution in [0.15, 0.2) is 23.1 Å². The van der Waals surface area contributed by atoms with Crippen molar-refractivity contribution in [3.05, 3.63) is 28.2 Å². The van der Waals surface area contributed by atoms with Gasteiger partial charge in [-0.3, -0.25) is 4.90 Å². The van der Waals surface area contributed by atoms with Crippen molar-refractivity contribution in [3.8, 4) is 0 Å². The molecule has 0 bridgehead atoms. The van der Waals surface area contributed by atoms with E-state index in [4.69, 9.17) is 28.3 Å². The third-order valence-electron chi connectivity index (χ3n) is 4.09. The molecule has 1 aliphatic heterocycles. The summed E-state index contributed by atoms with van der Waals surface area (Å²) in [6, 6.07) is 4.75. The van der Waals surface area contributed by atoms with Crippen molar-refractivity contribution in [2.24, 2.45) is 0 Å². The second-order valence-corrected chi connectivity index (χ2v) is 8.51. The lowest BCUT2D eigenvalue weighted by atomic mass is 10.00. The van der Waals surface area contributed by atoms with Gasteiger partial charge >= 0.3 is 0 Å². The highest BCUT2D eigenvalue weighted by atomic mass is 35.5. The fourth-order valence-corrected chi connectivity index (χ4v) is 4.97. The van der Waals surface area contributed by atoms with Crippen LogP contribution in [0.5, 0.6) is 0 Å². The second-order valence-electron chi connectivity index (χ2n) is 5.59. The SMILES string of the molecule is O=S(=O)(CCN1CCCCC1CCO)c1cc(Cl)ccc1Cl. The highest BCUT2D eigenvalue weighted by Gasteiger charge is 2.25. The molecule has 0 aromatic heterocycles. The highest BCUT2D eigenvalue weighted by Crippen LogP contribution is 2.26. The molecular formula is C15H21Cl2NO3S. The van der Waals surface area contributed by atoms with Gasteiger partial charge < -0.3 is 5.11 Å². The molecule has 1 aliphatic rings. The highest BCUT2D eigenvalue weighted by molar-refractivity contribution is 7.91. The Bertz CT molecular complexity index is 605. The van der Waals surface area contributed by atoms with Gasteiger partial charge in [-0.15, -0.1) is 0 Å². The Labute approximate surface area is 141 Å². The van der Waals surface area contributed by atoms with Crippen LogP contribution in [0.1, 0.15) is 25.7 Å². The Morgan fingerprint density at radius 3 is 2.77 bits per heavy atom. The van der Waals surface area contributed by atoms with Crippen molar-refractivity contribution in [1.29, 1.82) is 0 Å². The molecule has 2 rings (SSSR count). The van der Waals surface area contributed by atoms with E-state index in [0.29, 0.717) is 18.0 Å². The van der Waals surface area contributed by atoms with Gasteiger partial charge in [-0.25, -0.2) is 8.42 Å². The van der Waals surface area contributed by atoms with Crippen molar-refractivity contribution in [2.75, 3.05) is 25.4 Å². The minimum atomic E-state index is -3.47. The number of benzene rings is 1. The quantitative estimate of drug-likeness (QED) is 0.841.